The second-order valence-electron chi connectivity index (χ2n) is 9.38. The number of fused-ring (bicyclic) bond motifs is 1. The predicted octanol–water partition coefficient (Wildman–Crippen LogP) is 2.14. The fraction of sp³-hybridized carbons (Fsp3) is 0.714. The molecule has 0 unspecified atom stereocenters. The van der Waals surface area contributed by atoms with Crippen molar-refractivity contribution in [2.75, 3.05) is 33.3 Å². The molecule has 4 heterocycles. The molecule has 2 aliphatic heterocycles. The minimum absolute atomic E-state index is 0.0222. The molecule has 2 aromatic heterocycles. The molecule has 0 radical (unpaired) electrons. The Morgan fingerprint density at radius 2 is 2.03 bits per heavy atom. The van der Waals surface area contributed by atoms with Crippen molar-refractivity contribution >= 4 is 11.7 Å². The van der Waals surface area contributed by atoms with E-state index in [2.05, 4.69) is 47.8 Å². The van der Waals surface area contributed by atoms with Crippen LogP contribution in [0.2, 0.25) is 0 Å². The van der Waals surface area contributed by atoms with Crippen LogP contribution in [-0.2, 0) is 10.2 Å². The molecule has 0 aromatic carbocycles. The third-order valence-corrected chi connectivity index (χ3v) is 6.05. The summed E-state index contributed by atoms with van der Waals surface area (Å²) in [6.45, 7) is 9.76. The third kappa shape index (κ3) is 4.28. The van der Waals surface area contributed by atoms with Gasteiger partial charge in [0.05, 0.1) is 11.8 Å². The quantitative estimate of drug-likeness (QED) is 0.783. The van der Waals surface area contributed by atoms with E-state index in [4.69, 9.17) is 4.74 Å². The summed E-state index contributed by atoms with van der Waals surface area (Å²) >= 11 is 0. The highest BCUT2D eigenvalue weighted by Gasteiger charge is 2.33. The van der Waals surface area contributed by atoms with Gasteiger partial charge in [-0.1, -0.05) is 20.8 Å². The zero-order chi connectivity index (χ0) is 20.6. The molecule has 2 aliphatic rings. The smallest absolute Gasteiger partial charge is 0.273 e. The van der Waals surface area contributed by atoms with Crippen molar-refractivity contribution in [2.24, 2.45) is 0 Å². The number of likely N-dealkylation sites (tertiary alicyclic amines) is 1. The Morgan fingerprint density at radius 1 is 1.28 bits per heavy atom. The van der Waals surface area contributed by atoms with Crippen molar-refractivity contribution in [1.82, 2.24) is 29.4 Å². The number of hydrogen-bond acceptors (Lipinski definition) is 6. The zero-order valence-electron chi connectivity index (χ0n) is 18.0. The summed E-state index contributed by atoms with van der Waals surface area (Å²) < 4.78 is 7.60. The zero-order valence-corrected chi connectivity index (χ0v) is 18.0. The van der Waals surface area contributed by atoms with Gasteiger partial charge >= 0.3 is 0 Å². The van der Waals surface area contributed by atoms with Crippen molar-refractivity contribution in [3.63, 3.8) is 0 Å². The first-order chi connectivity index (χ1) is 13.8. The molecule has 0 saturated carbocycles. The largest absolute Gasteiger partial charge is 0.376 e. The van der Waals surface area contributed by atoms with E-state index in [0.29, 0.717) is 18.0 Å². The van der Waals surface area contributed by atoms with Crippen LogP contribution in [0.1, 0.15) is 62.6 Å². The molecule has 8 nitrogen and oxygen atoms in total. The summed E-state index contributed by atoms with van der Waals surface area (Å²) in [7, 11) is 2.14. The van der Waals surface area contributed by atoms with Gasteiger partial charge in [0.25, 0.3) is 11.7 Å². The van der Waals surface area contributed by atoms with Crippen molar-refractivity contribution in [1.29, 1.82) is 0 Å². The number of hydrogen-bond donors (Lipinski definition) is 0. The Balaban J connectivity index is 1.67. The molecule has 2 saturated heterocycles. The van der Waals surface area contributed by atoms with Gasteiger partial charge in [-0.25, -0.2) is 9.50 Å². The molecule has 2 aromatic rings. The van der Waals surface area contributed by atoms with Gasteiger partial charge in [0.15, 0.2) is 0 Å². The number of rotatable bonds is 4. The standard InChI is InChI=1S/C21H32N6O2/c1-21(2,3)18-12-17(24-20-22-14-23-27(18)20)19(28)26(13-16-6-5-11-29-16)15-7-9-25(4)10-8-15/h12,14-16H,5-11,13H2,1-4H3/t16-/m1/s1. The molecule has 1 amide bonds. The number of nitrogens with zero attached hydrogens (tertiary/aromatic N) is 6. The van der Waals surface area contributed by atoms with Crippen molar-refractivity contribution in [3.8, 4) is 0 Å². The molecule has 29 heavy (non-hydrogen) atoms. The Morgan fingerprint density at radius 3 is 2.69 bits per heavy atom. The molecule has 0 aliphatic carbocycles. The molecule has 0 bridgehead atoms. The summed E-state index contributed by atoms with van der Waals surface area (Å²) in [6.07, 6.45) is 5.66. The maximum Gasteiger partial charge on any atom is 0.273 e. The second kappa shape index (κ2) is 7.99. The summed E-state index contributed by atoms with van der Waals surface area (Å²) in [6, 6.07) is 2.11. The normalized spacial score (nSPS) is 21.7. The average molecular weight is 401 g/mol. The highest BCUT2D eigenvalue weighted by molar-refractivity contribution is 5.93. The lowest BCUT2D eigenvalue weighted by Gasteiger charge is -2.38. The molecule has 0 spiro atoms. The van der Waals surface area contributed by atoms with E-state index in [-0.39, 0.29) is 23.5 Å². The maximum absolute atomic E-state index is 13.7. The molecule has 1 atom stereocenters. The van der Waals surface area contributed by atoms with Crippen LogP contribution >= 0.6 is 0 Å². The fourth-order valence-electron chi connectivity index (χ4n) is 4.32. The van der Waals surface area contributed by atoms with Crippen LogP contribution in [-0.4, -0.2) is 80.7 Å². The highest BCUT2D eigenvalue weighted by atomic mass is 16.5. The van der Waals surface area contributed by atoms with Crippen LogP contribution in [0.4, 0.5) is 0 Å². The predicted molar refractivity (Wildman–Crippen MR) is 110 cm³/mol. The van der Waals surface area contributed by atoms with Crippen molar-refractivity contribution < 1.29 is 9.53 Å². The van der Waals surface area contributed by atoms with Gasteiger partial charge in [-0.2, -0.15) is 10.1 Å². The van der Waals surface area contributed by atoms with E-state index in [0.717, 1.165) is 51.1 Å². The molecule has 0 N–H and O–H groups in total. The molecule has 8 heteroatoms. The van der Waals surface area contributed by atoms with Crippen LogP contribution < -0.4 is 0 Å². The first kappa shape index (κ1) is 20.2. The maximum atomic E-state index is 13.7. The van der Waals surface area contributed by atoms with E-state index in [9.17, 15) is 4.79 Å². The minimum Gasteiger partial charge on any atom is -0.376 e. The van der Waals surface area contributed by atoms with E-state index in [1.54, 1.807) is 4.52 Å². The van der Waals surface area contributed by atoms with Crippen molar-refractivity contribution in [3.05, 3.63) is 23.8 Å². The Labute approximate surface area is 172 Å². The monoisotopic (exact) mass is 400 g/mol. The number of carbonyl (C=O) groups excluding carboxylic acids is 1. The van der Waals surface area contributed by atoms with Crippen LogP contribution in [0.15, 0.2) is 12.4 Å². The fourth-order valence-corrected chi connectivity index (χ4v) is 4.32. The number of piperidine rings is 1. The summed E-state index contributed by atoms with van der Waals surface area (Å²) in [5.74, 6) is 0.451. The van der Waals surface area contributed by atoms with Crippen LogP contribution in [0, 0.1) is 0 Å². The Hall–Kier alpha value is -2.06. The van der Waals surface area contributed by atoms with Gasteiger partial charge in [-0.05, 0) is 51.9 Å². The lowest BCUT2D eigenvalue weighted by atomic mass is 9.91. The lowest BCUT2D eigenvalue weighted by Crippen LogP contribution is -2.49. The van der Waals surface area contributed by atoms with Gasteiger partial charge in [-0.15, -0.1) is 0 Å². The van der Waals surface area contributed by atoms with E-state index in [1.807, 2.05) is 11.0 Å². The summed E-state index contributed by atoms with van der Waals surface area (Å²) in [4.78, 5) is 26.9. The SMILES string of the molecule is CN1CCC(N(C[C@H]2CCCO2)C(=O)c2cc(C(C)(C)C)n3ncnc3n2)CC1. The highest BCUT2D eigenvalue weighted by Crippen LogP contribution is 2.25. The van der Waals surface area contributed by atoms with Gasteiger partial charge in [0.1, 0.15) is 12.0 Å². The number of aromatic nitrogens is 4. The van der Waals surface area contributed by atoms with Crippen LogP contribution in [0.5, 0.6) is 0 Å². The number of ether oxygens (including phenoxy) is 1. The minimum atomic E-state index is -0.184. The van der Waals surface area contributed by atoms with Crippen LogP contribution in [0.25, 0.3) is 5.78 Å². The lowest BCUT2D eigenvalue weighted by molar-refractivity contribution is 0.0316. The molecule has 4 rings (SSSR count). The summed E-state index contributed by atoms with van der Waals surface area (Å²) in [5, 5.41) is 4.30. The van der Waals surface area contributed by atoms with Gasteiger partial charge in [-0.3, -0.25) is 4.79 Å². The molecule has 2 fully saturated rings. The summed E-state index contributed by atoms with van der Waals surface area (Å²) in [5.41, 5.74) is 1.20. The molecular formula is C21H32N6O2. The van der Waals surface area contributed by atoms with E-state index < -0.39 is 0 Å². The van der Waals surface area contributed by atoms with Gasteiger partial charge < -0.3 is 14.5 Å². The topological polar surface area (TPSA) is 75.9 Å². The van der Waals surface area contributed by atoms with Gasteiger partial charge in [0, 0.05) is 24.6 Å². The first-order valence-electron chi connectivity index (χ1n) is 10.7. The van der Waals surface area contributed by atoms with Crippen LogP contribution in [0.3, 0.4) is 0 Å². The Bertz CT molecular complexity index is 860. The molecule has 158 valence electrons. The average Bonchev–Trinajstić information content (AvgIpc) is 3.36. The number of carbonyl (C=O) groups is 1. The Kier molecular flexibility index (Phi) is 5.57. The number of amides is 1. The third-order valence-electron chi connectivity index (χ3n) is 6.05. The first-order valence-corrected chi connectivity index (χ1v) is 10.7. The van der Waals surface area contributed by atoms with E-state index >= 15 is 0 Å². The van der Waals surface area contributed by atoms with E-state index in [1.165, 1.54) is 6.33 Å². The van der Waals surface area contributed by atoms with Crippen molar-refractivity contribution in [2.45, 2.75) is 64.0 Å². The molecular weight excluding hydrogens is 368 g/mol. The van der Waals surface area contributed by atoms with Gasteiger partial charge in [0.2, 0.25) is 0 Å². The second-order valence-corrected chi connectivity index (χ2v) is 9.38.